The first-order valence-electron chi connectivity index (χ1n) is 8.90. The van der Waals surface area contributed by atoms with E-state index in [1.165, 1.54) is 19.3 Å². The molecule has 0 aromatic carbocycles. The lowest BCUT2D eigenvalue weighted by Crippen LogP contribution is -2.50. The van der Waals surface area contributed by atoms with E-state index in [9.17, 15) is 4.79 Å². The van der Waals surface area contributed by atoms with E-state index in [1.807, 2.05) is 4.90 Å². The van der Waals surface area contributed by atoms with Crippen molar-refractivity contribution in [3.8, 4) is 0 Å². The molecule has 2 amide bonds. The number of hydrogen-bond acceptors (Lipinski definition) is 3. The molecule has 3 unspecified atom stereocenters. The molecule has 1 aliphatic heterocycles. The second-order valence-electron chi connectivity index (χ2n) is 6.98. The highest BCUT2D eigenvalue weighted by Gasteiger charge is 2.31. The Morgan fingerprint density at radius 1 is 1.32 bits per heavy atom. The van der Waals surface area contributed by atoms with Crippen LogP contribution >= 0.6 is 0 Å². The molecule has 0 radical (unpaired) electrons. The highest BCUT2D eigenvalue weighted by Crippen LogP contribution is 2.22. The molecule has 5 nitrogen and oxygen atoms in total. The molecule has 3 atom stereocenters. The molecule has 1 N–H and O–H groups in total. The van der Waals surface area contributed by atoms with Crippen LogP contribution in [0.1, 0.15) is 45.4 Å². The van der Waals surface area contributed by atoms with E-state index in [0.717, 1.165) is 45.4 Å². The van der Waals surface area contributed by atoms with Crippen molar-refractivity contribution >= 4 is 6.03 Å². The fourth-order valence-corrected chi connectivity index (χ4v) is 3.87. The van der Waals surface area contributed by atoms with Crippen molar-refractivity contribution in [2.75, 3.05) is 40.3 Å². The summed E-state index contributed by atoms with van der Waals surface area (Å²) in [5.41, 5.74) is 0. The predicted molar refractivity (Wildman–Crippen MR) is 89.1 cm³/mol. The van der Waals surface area contributed by atoms with E-state index in [4.69, 9.17) is 4.74 Å². The van der Waals surface area contributed by atoms with E-state index in [0.29, 0.717) is 5.92 Å². The first-order valence-corrected chi connectivity index (χ1v) is 8.90. The number of methoxy groups -OCH3 is 1. The number of carbonyl (C=O) groups excluding carboxylic acids is 1. The van der Waals surface area contributed by atoms with Gasteiger partial charge in [0.15, 0.2) is 0 Å². The van der Waals surface area contributed by atoms with Crippen molar-refractivity contribution in [2.45, 2.75) is 57.6 Å². The molecule has 128 valence electrons. The van der Waals surface area contributed by atoms with Gasteiger partial charge in [-0.3, -0.25) is 0 Å². The summed E-state index contributed by atoms with van der Waals surface area (Å²) in [5, 5.41) is 3.21. The average molecular weight is 311 g/mol. The van der Waals surface area contributed by atoms with Crippen molar-refractivity contribution < 1.29 is 9.53 Å². The van der Waals surface area contributed by atoms with Crippen molar-refractivity contribution in [3.05, 3.63) is 0 Å². The Bertz CT molecular complexity index is 351. The Kier molecular flexibility index (Phi) is 6.96. The second kappa shape index (κ2) is 8.73. The Hall–Kier alpha value is -0.810. The van der Waals surface area contributed by atoms with Gasteiger partial charge < -0.3 is 19.9 Å². The van der Waals surface area contributed by atoms with Crippen LogP contribution in [0.15, 0.2) is 0 Å². The van der Waals surface area contributed by atoms with Gasteiger partial charge in [-0.15, -0.1) is 0 Å². The molecule has 2 aliphatic rings. The summed E-state index contributed by atoms with van der Waals surface area (Å²) in [7, 11) is 3.93. The average Bonchev–Trinajstić information content (AvgIpc) is 2.96. The number of likely N-dealkylation sites (tertiary alicyclic amines) is 1. The smallest absolute Gasteiger partial charge is 0.317 e. The Labute approximate surface area is 135 Å². The molecule has 0 aromatic heterocycles. The maximum Gasteiger partial charge on any atom is 0.317 e. The van der Waals surface area contributed by atoms with E-state index in [-0.39, 0.29) is 18.2 Å². The van der Waals surface area contributed by atoms with Crippen molar-refractivity contribution in [2.24, 2.45) is 5.92 Å². The van der Waals surface area contributed by atoms with E-state index < -0.39 is 0 Å². The van der Waals surface area contributed by atoms with Crippen LogP contribution in [0, 0.1) is 5.92 Å². The van der Waals surface area contributed by atoms with Crippen LogP contribution in [-0.4, -0.2) is 68.3 Å². The minimum absolute atomic E-state index is 0.106. The molecule has 1 saturated carbocycles. The monoisotopic (exact) mass is 311 g/mol. The molecule has 0 bridgehead atoms. The number of nitrogens with one attached hydrogen (secondary N) is 1. The summed E-state index contributed by atoms with van der Waals surface area (Å²) in [6.07, 6.45) is 7.00. The number of rotatable bonds is 6. The van der Waals surface area contributed by atoms with Crippen LogP contribution in [0.5, 0.6) is 0 Å². The van der Waals surface area contributed by atoms with Gasteiger partial charge >= 0.3 is 6.03 Å². The summed E-state index contributed by atoms with van der Waals surface area (Å²) >= 11 is 0. The molecule has 0 aromatic rings. The van der Waals surface area contributed by atoms with Crippen molar-refractivity contribution in [1.29, 1.82) is 0 Å². The number of amides is 2. The fraction of sp³-hybridized carbons (Fsp3) is 0.941. The second-order valence-corrected chi connectivity index (χ2v) is 6.98. The maximum atomic E-state index is 12.5. The van der Waals surface area contributed by atoms with Crippen molar-refractivity contribution in [1.82, 2.24) is 15.1 Å². The maximum absolute atomic E-state index is 12.5. The summed E-state index contributed by atoms with van der Waals surface area (Å²) in [6.45, 7) is 6.23. The molecule has 22 heavy (non-hydrogen) atoms. The highest BCUT2D eigenvalue weighted by atomic mass is 16.5. The summed E-state index contributed by atoms with van der Waals surface area (Å²) in [6, 6.07) is 0.294. The van der Waals surface area contributed by atoms with Crippen LogP contribution in [0.3, 0.4) is 0 Å². The van der Waals surface area contributed by atoms with Gasteiger partial charge in [0.2, 0.25) is 0 Å². The Balaban J connectivity index is 1.76. The van der Waals surface area contributed by atoms with Crippen LogP contribution in [0.2, 0.25) is 0 Å². The molecule has 2 fully saturated rings. The normalized spacial score (nSPS) is 29.1. The lowest BCUT2D eigenvalue weighted by Gasteiger charge is -2.32. The van der Waals surface area contributed by atoms with Gasteiger partial charge in [0, 0.05) is 26.7 Å². The highest BCUT2D eigenvalue weighted by molar-refractivity contribution is 5.74. The summed E-state index contributed by atoms with van der Waals surface area (Å²) < 4.78 is 5.53. The van der Waals surface area contributed by atoms with E-state index >= 15 is 0 Å². The van der Waals surface area contributed by atoms with Gasteiger partial charge in [0.25, 0.3) is 0 Å². The van der Waals surface area contributed by atoms with Gasteiger partial charge in [-0.2, -0.15) is 0 Å². The van der Waals surface area contributed by atoms with Gasteiger partial charge in [-0.05, 0) is 45.2 Å². The lowest BCUT2D eigenvalue weighted by molar-refractivity contribution is 0.0434. The van der Waals surface area contributed by atoms with E-state index in [1.54, 1.807) is 7.11 Å². The molecule has 1 aliphatic carbocycles. The standard InChI is InChI=1S/C17H33N3O2/c1-4-10-19(2)12-14-9-11-20(13-14)17(21)18-15-7-5-6-8-16(15)22-3/h14-16H,4-13H2,1-3H3,(H,18,21). The van der Waals surface area contributed by atoms with Crippen LogP contribution in [0.25, 0.3) is 0 Å². The first kappa shape index (κ1) is 17.5. The quantitative estimate of drug-likeness (QED) is 0.819. The fourth-order valence-electron chi connectivity index (χ4n) is 3.87. The zero-order valence-electron chi connectivity index (χ0n) is 14.5. The number of carbonyl (C=O) groups is 1. The first-order chi connectivity index (χ1) is 10.6. The molecule has 1 saturated heterocycles. The van der Waals surface area contributed by atoms with Crippen LogP contribution in [-0.2, 0) is 4.74 Å². The summed E-state index contributed by atoms with van der Waals surface area (Å²) in [4.78, 5) is 16.9. The number of ether oxygens (including phenoxy) is 1. The molecular formula is C17H33N3O2. The van der Waals surface area contributed by atoms with Gasteiger partial charge in [0.05, 0.1) is 12.1 Å². The van der Waals surface area contributed by atoms with Gasteiger partial charge in [-0.1, -0.05) is 19.8 Å². The SMILES string of the molecule is CCCN(C)CC1CCN(C(=O)NC2CCCCC2OC)C1. The van der Waals surface area contributed by atoms with Gasteiger partial charge in [0.1, 0.15) is 0 Å². The van der Waals surface area contributed by atoms with Gasteiger partial charge in [-0.25, -0.2) is 4.79 Å². The summed E-state index contributed by atoms with van der Waals surface area (Å²) in [5.74, 6) is 0.617. The zero-order valence-corrected chi connectivity index (χ0v) is 14.5. The minimum atomic E-state index is 0.106. The zero-order chi connectivity index (χ0) is 15.9. The third kappa shape index (κ3) is 4.85. The topological polar surface area (TPSA) is 44.8 Å². The van der Waals surface area contributed by atoms with Crippen LogP contribution < -0.4 is 5.32 Å². The molecule has 0 spiro atoms. The van der Waals surface area contributed by atoms with Crippen LogP contribution in [0.4, 0.5) is 4.79 Å². The van der Waals surface area contributed by atoms with E-state index in [2.05, 4.69) is 24.2 Å². The number of urea groups is 1. The largest absolute Gasteiger partial charge is 0.379 e. The minimum Gasteiger partial charge on any atom is -0.379 e. The number of nitrogens with zero attached hydrogens (tertiary/aromatic N) is 2. The van der Waals surface area contributed by atoms with Crippen molar-refractivity contribution in [3.63, 3.8) is 0 Å². The molecule has 1 heterocycles. The Morgan fingerprint density at radius 2 is 2.09 bits per heavy atom. The number of hydrogen-bond donors (Lipinski definition) is 1. The third-order valence-electron chi connectivity index (χ3n) is 5.06. The Morgan fingerprint density at radius 3 is 2.82 bits per heavy atom. The lowest BCUT2D eigenvalue weighted by atomic mass is 9.92. The molecule has 2 rings (SSSR count). The molecular weight excluding hydrogens is 278 g/mol. The predicted octanol–water partition coefficient (Wildman–Crippen LogP) is 2.32. The molecule has 5 heteroatoms. The third-order valence-corrected chi connectivity index (χ3v) is 5.06.